The summed E-state index contributed by atoms with van der Waals surface area (Å²) in [5.41, 5.74) is 0. The number of esters is 2. The highest BCUT2D eigenvalue weighted by Crippen LogP contribution is 2.43. The van der Waals surface area contributed by atoms with Crippen LogP contribution in [0.1, 0.15) is 322 Å². The average Bonchev–Trinajstić information content (AvgIpc) is 3.68. The van der Waals surface area contributed by atoms with E-state index in [2.05, 4.69) is 123 Å². The van der Waals surface area contributed by atoms with E-state index in [4.69, 9.17) is 18.5 Å². The number of quaternary nitrogens is 1. The van der Waals surface area contributed by atoms with Gasteiger partial charge in [0.1, 0.15) is 19.8 Å². The zero-order valence-electron chi connectivity index (χ0n) is 57.9. The molecule has 0 aromatic carbocycles. The van der Waals surface area contributed by atoms with Crippen LogP contribution in [0, 0.1) is 0 Å². The van der Waals surface area contributed by atoms with E-state index in [-0.39, 0.29) is 32.0 Å². The molecule has 0 aliphatic rings. The molecule has 2 atom stereocenters. The smallest absolute Gasteiger partial charge is 0.462 e. The number of ether oxygens (including phenoxy) is 2. The number of carbonyl (C=O) groups is 2. The average molecular weight is 1250 g/mol. The summed E-state index contributed by atoms with van der Waals surface area (Å²) in [6.45, 7) is 4.35. The highest BCUT2D eigenvalue weighted by molar-refractivity contribution is 7.47. The van der Waals surface area contributed by atoms with Crippen molar-refractivity contribution in [3.05, 3.63) is 109 Å². The van der Waals surface area contributed by atoms with Crippen molar-refractivity contribution < 1.29 is 42.1 Å². The van der Waals surface area contributed by atoms with Gasteiger partial charge in [0, 0.05) is 12.8 Å². The van der Waals surface area contributed by atoms with Gasteiger partial charge in [-0.2, -0.15) is 0 Å². The topological polar surface area (TPSA) is 108 Å². The largest absolute Gasteiger partial charge is 0.472 e. The van der Waals surface area contributed by atoms with E-state index < -0.39 is 26.5 Å². The maximum atomic E-state index is 12.9. The standard InChI is InChI=1S/C78H138NO8P/c1-6-8-10-12-14-16-18-20-22-24-26-28-30-32-33-34-35-36-37-38-39-40-41-42-43-44-45-47-49-51-53-55-57-59-61-63-65-67-69-71-78(81)87-76(75-86-88(82,83)85-73-72-79(3,4)5)74-84-77(80)70-68-66-64-62-60-58-56-54-52-50-48-46-31-29-27-25-23-21-19-17-15-13-11-9-7-2/h8,10,14,16,20,22,25-28,32-33,35-36,38-39,41-42,76H,6-7,9,11-13,15,17-19,21,23-24,29-31,34,37,40,43-75H2,1-5H3/p+1/b10-8-,16-14-,22-20-,27-25-,28-26-,33-32-,36-35-,39-38-,42-41-. The second-order valence-corrected chi connectivity index (χ2v) is 27.0. The highest BCUT2D eigenvalue weighted by Gasteiger charge is 2.27. The first-order valence-electron chi connectivity index (χ1n) is 36.6. The molecule has 0 bridgehead atoms. The lowest BCUT2D eigenvalue weighted by Crippen LogP contribution is -2.37. The summed E-state index contributed by atoms with van der Waals surface area (Å²) in [7, 11) is 1.48. The molecule has 2 unspecified atom stereocenters. The molecule has 0 radical (unpaired) electrons. The molecule has 0 aromatic heterocycles. The zero-order valence-corrected chi connectivity index (χ0v) is 58.8. The molecule has 0 heterocycles. The number of nitrogens with zero attached hydrogens (tertiary/aromatic N) is 1. The third kappa shape index (κ3) is 71.7. The Morgan fingerprint density at radius 1 is 0.364 bits per heavy atom. The lowest BCUT2D eigenvalue weighted by Gasteiger charge is -2.24. The van der Waals surface area contributed by atoms with Crippen LogP contribution in [0.25, 0.3) is 0 Å². The number of carbonyl (C=O) groups excluding carboxylic acids is 2. The second-order valence-electron chi connectivity index (χ2n) is 25.6. The predicted octanol–water partition coefficient (Wildman–Crippen LogP) is 24.1. The summed E-state index contributed by atoms with van der Waals surface area (Å²) >= 11 is 0. The molecule has 0 amide bonds. The fourth-order valence-corrected chi connectivity index (χ4v) is 10.9. The molecule has 88 heavy (non-hydrogen) atoms. The number of likely N-dealkylation sites (N-methyl/N-ethyl adjacent to an activating group) is 1. The van der Waals surface area contributed by atoms with Crippen LogP contribution in [0.2, 0.25) is 0 Å². The Hall–Kier alpha value is -3.33. The zero-order chi connectivity index (χ0) is 64.1. The van der Waals surface area contributed by atoms with Gasteiger partial charge >= 0.3 is 19.8 Å². The number of hydrogen-bond acceptors (Lipinski definition) is 7. The van der Waals surface area contributed by atoms with Gasteiger partial charge in [0.15, 0.2) is 6.10 Å². The molecule has 10 heteroatoms. The monoisotopic (exact) mass is 1250 g/mol. The Kier molecular flexibility index (Phi) is 65.5. The fraction of sp³-hybridized carbons (Fsp3) is 0.744. The molecular weight excluding hydrogens is 1110 g/mol. The highest BCUT2D eigenvalue weighted by atomic mass is 31.2. The Morgan fingerprint density at radius 3 is 0.977 bits per heavy atom. The summed E-state index contributed by atoms with van der Waals surface area (Å²) in [5.74, 6) is -0.790. The van der Waals surface area contributed by atoms with Crippen LogP contribution in [0.5, 0.6) is 0 Å². The van der Waals surface area contributed by atoms with Crippen molar-refractivity contribution in [1.82, 2.24) is 0 Å². The molecule has 0 spiro atoms. The normalized spacial score (nSPS) is 13.8. The van der Waals surface area contributed by atoms with E-state index in [0.717, 1.165) is 89.9 Å². The van der Waals surface area contributed by atoms with Crippen LogP contribution in [-0.4, -0.2) is 74.9 Å². The predicted molar refractivity (Wildman–Crippen MR) is 381 cm³/mol. The molecule has 0 aliphatic carbocycles. The summed E-state index contributed by atoms with van der Waals surface area (Å²) < 4.78 is 34.8. The van der Waals surface area contributed by atoms with E-state index in [1.165, 1.54) is 199 Å². The van der Waals surface area contributed by atoms with Crippen molar-refractivity contribution in [2.45, 2.75) is 328 Å². The van der Waals surface area contributed by atoms with Gasteiger partial charge in [0.25, 0.3) is 0 Å². The number of rotatable bonds is 67. The number of hydrogen-bond donors (Lipinski definition) is 1. The quantitative estimate of drug-likeness (QED) is 0.0211. The first-order chi connectivity index (χ1) is 43.0. The number of phosphoric ester groups is 1. The fourth-order valence-electron chi connectivity index (χ4n) is 10.2. The molecule has 9 nitrogen and oxygen atoms in total. The van der Waals surface area contributed by atoms with Crippen molar-refractivity contribution in [3.63, 3.8) is 0 Å². The molecule has 1 N–H and O–H groups in total. The van der Waals surface area contributed by atoms with E-state index in [0.29, 0.717) is 17.4 Å². The van der Waals surface area contributed by atoms with Crippen LogP contribution in [0.15, 0.2) is 109 Å². The molecule has 0 saturated carbocycles. The van der Waals surface area contributed by atoms with Gasteiger partial charge in [0.2, 0.25) is 0 Å². The minimum atomic E-state index is -4.40. The van der Waals surface area contributed by atoms with Gasteiger partial charge < -0.3 is 18.9 Å². The molecular formula is C78H139NO8P+. The van der Waals surface area contributed by atoms with Crippen LogP contribution in [-0.2, 0) is 32.7 Å². The van der Waals surface area contributed by atoms with Crippen molar-refractivity contribution in [3.8, 4) is 0 Å². The van der Waals surface area contributed by atoms with Crippen LogP contribution in [0.4, 0.5) is 0 Å². The van der Waals surface area contributed by atoms with Gasteiger partial charge in [-0.3, -0.25) is 18.6 Å². The third-order valence-electron chi connectivity index (χ3n) is 15.8. The van der Waals surface area contributed by atoms with Crippen LogP contribution in [0.3, 0.4) is 0 Å². The van der Waals surface area contributed by atoms with Gasteiger partial charge in [-0.15, -0.1) is 0 Å². The molecule has 0 aliphatic heterocycles. The Morgan fingerprint density at radius 2 is 0.648 bits per heavy atom. The van der Waals surface area contributed by atoms with E-state index in [1.54, 1.807) is 0 Å². The van der Waals surface area contributed by atoms with E-state index in [1.807, 2.05) is 21.1 Å². The Labute approximate surface area is 544 Å². The maximum Gasteiger partial charge on any atom is 0.472 e. The van der Waals surface area contributed by atoms with Gasteiger partial charge in [0.05, 0.1) is 27.7 Å². The summed E-state index contributed by atoms with van der Waals surface area (Å²) in [6.07, 6.45) is 96.3. The van der Waals surface area contributed by atoms with Gasteiger partial charge in [-0.1, -0.05) is 316 Å². The van der Waals surface area contributed by atoms with Crippen LogP contribution < -0.4 is 0 Å². The molecule has 0 fully saturated rings. The van der Waals surface area contributed by atoms with Crippen molar-refractivity contribution in [2.24, 2.45) is 0 Å². The molecule has 0 rings (SSSR count). The summed E-state index contributed by atoms with van der Waals surface area (Å²) in [4.78, 5) is 35.9. The number of allylic oxidation sites excluding steroid dienone is 18. The summed E-state index contributed by atoms with van der Waals surface area (Å²) in [6, 6.07) is 0. The Balaban J connectivity index is 4.02. The molecule has 0 aromatic rings. The van der Waals surface area contributed by atoms with Gasteiger partial charge in [-0.05, 0) is 103 Å². The van der Waals surface area contributed by atoms with E-state index in [9.17, 15) is 19.0 Å². The van der Waals surface area contributed by atoms with Gasteiger partial charge in [-0.25, -0.2) is 4.57 Å². The van der Waals surface area contributed by atoms with Crippen LogP contribution >= 0.6 is 7.82 Å². The minimum Gasteiger partial charge on any atom is -0.462 e. The van der Waals surface area contributed by atoms with Crippen molar-refractivity contribution >= 4 is 19.8 Å². The lowest BCUT2D eigenvalue weighted by molar-refractivity contribution is -0.870. The minimum absolute atomic E-state index is 0.0293. The first kappa shape index (κ1) is 84.7. The first-order valence-corrected chi connectivity index (χ1v) is 38.1. The maximum absolute atomic E-state index is 12.9. The molecule has 0 saturated heterocycles. The SMILES string of the molecule is CC/C=C\C/C=C\C/C=C\C/C=C\C/C=C\C/C=C\C/C=C\C/C=C\CCCCCCCCCCCCCCCCC(=O)OC(COC(=O)CCCCCCCCCCCCCCC/C=C\CCCCCCCCCC)COP(=O)(O)OCC[N+](C)(C)C. The van der Waals surface area contributed by atoms with E-state index >= 15 is 0 Å². The number of phosphoric acid groups is 1. The Bertz CT molecular complexity index is 1850. The lowest BCUT2D eigenvalue weighted by atomic mass is 10.0. The van der Waals surface area contributed by atoms with Crippen molar-refractivity contribution in [1.29, 1.82) is 0 Å². The molecule has 508 valence electrons. The van der Waals surface area contributed by atoms with Crippen molar-refractivity contribution in [2.75, 3.05) is 47.5 Å². The summed E-state index contributed by atoms with van der Waals surface area (Å²) in [5, 5.41) is 0. The second kappa shape index (κ2) is 68.0. The number of unbranched alkanes of at least 4 members (excludes halogenated alkanes) is 35. The third-order valence-corrected chi connectivity index (χ3v) is 16.8.